The van der Waals surface area contributed by atoms with Crippen LogP contribution in [-0.4, -0.2) is 40.2 Å². The molecular weight excluding hydrogens is 328 g/mol. The fraction of sp³-hybridized carbons (Fsp3) is 0.250. The van der Waals surface area contributed by atoms with Crippen molar-refractivity contribution in [2.24, 2.45) is 5.73 Å². The molecule has 1 fully saturated rings. The molecule has 3 rings (SSSR count). The smallest absolute Gasteiger partial charge is 0.260 e. The lowest BCUT2D eigenvalue weighted by molar-refractivity contribution is -0.119. The first-order valence-corrected chi connectivity index (χ1v) is 8.30. The molecule has 0 saturated carbocycles. The molecule has 0 spiro atoms. The van der Waals surface area contributed by atoms with Crippen LogP contribution < -0.4 is 11.1 Å². The zero-order chi connectivity index (χ0) is 17.1. The quantitative estimate of drug-likeness (QED) is 0.876. The van der Waals surface area contributed by atoms with E-state index in [1.54, 1.807) is 29.2 Å². The molecule has 24 heavy (non-hydrogen) atoms. The molecule has 0 radical (unpaired) electrons. The molecule has 0 bridgehead atoms. The van der Waals surface area contributed by atoms with E-state index in [0.29, 0.717) is 23.7 Å². The minimum Gasteiger partial charge on any atom is -0.365 e. The van der Waals surface area contributed by atoms with Crippen molar-refractivity contribution in [1.82, 2.24) is 9.88 Å². The number of primary amides is 1. The highest BCUT2D eigenvalue weighted by Gasteiger charge is 2.34. The number of thiazole rings is 1. The molecule has 124 valence electrons. The highest BCUT2D eigenvalue weighted by Crippen LogP contribution is 2.23. The Hall–Kier alpha value is -2.74. The normalized spacial score (nSPS) is 16.8. The third-order valence-corrected chi connectivity index (χ3v) is 4.74. The molecule has 3 amide bonds. The van der Waals surface area contributed by atoms with Crippen molar-refractivity contribution in [3.63, 3.8) is 0 Å². The summed E-state index contributed by atoms with van der Waals surface area (Å²) in [5.41, 5.74) is 5.73. The van der Waals surface area contributed by atoms with Gasteiger partial charge in [-0.3, -0.25) is 14.4 Å². The molecular formula is C16H16N4O3S. The molecule has 2 aromatic rings. The number of hydrogen-bond donors (Lipinski definition) is 2. The Labute approximate surface area is 142 Å². The third-order valence-electron chi connectivity index (χ3n) is 3.82. The molecule has 1 atom stereocenters. The highest BCUT2D eigenvalue weighted by atomic mass is 32.1. The maximum atomic E-state index is 12.6. The number of amides is 3. The molecule has 1 aliphatic rings. The Morgan fingerprint density at radius 2 is 2.00 bits per heavy atom. The van der Waals surface area contributed by atoms with Crippen molar-refractivity contribution in [2.75, 3.05) is 11.9 Å². The lowest BCUT2D eigenvalue weighted by Crippen LogP contribution is -2.43. The summed E-state index contributed by atoms with van der Waals surface area (Å²) in [6.45, 7) is 0.538. The van der Waals surface area contributed by atoms with Gasteiger partial charge in [-0.1, -0.05) is 29.5 Å². The number of rotatable bonds is 4. The van der Waals surface area contributed by atoms with E-state index in [-0.39, 0.29) is 16.7 Å². The number of benzene rings is 1. The van der Waals surface area contributed by atoms with Gasteiger partial charge in [0.2, 0.25) is 5.91 Å². The van der Waals surface area contributed by atoms with Crippen LogP contribution in [-0.2, 0) is 4.79 Å². The Balaban J connectivity index is 1.71. The summed E-state index contributed by atoms with van der Waals surface area (Å²) in [5, 5.41) is 2.96. The first-order chi connectivity index (χ1) is 11.6. The van der Waals surface area contributed by atoms with Gasteiger partial charge in [-0.15, -0.1) is 0 Å². The number of hydrogen-bond acceptors (Lipinski definition) is 5. The molecule has 3 N–H and O–H groups in total. The van der Waals surface area contributed by atoms with Crippen LogP contribution in [0.4, 0.5) is 5.13 Å². The van der Waals surface area contributed by atoms with Gasteiger partial charge in [-0.05, 0) is 25.0 Å². The van der Waals surface area contributed by atoms with E-state index in [2.05, 4.69) is 10.3 Å². The largest absolute Gasteiger partial charge is 0.365 e. The Morgan fingerprint density at radius 1 is 1.25 bits per heavy atom. The van der Waals surface area contributed by atoms with E-state index >= 15 is 0 Å². The van der Waals surface area contributed by atoms with Crippen LogP contribution in [0.25, 0.3) is 0 Å². The van der Waals surface area contributed by atoms with Crippen molar-refractivity contribution < 1.29 is 14.4 Å². The number of anilines is 1. The van der Waals surface area contributed by atoms with Gasteiger partial charge in [0.15, 0.2) is 5.13 Å². The van der Waals surface area contributed by atoms with Gasteiger partial charge in [0.25, 0.3) is 11.8 Å². The minimum atomic E-state index is -0.588. The Bertz CT molecular complexity index is 775. The number of nitrogens with zero attached hydrogens (tertiary/aromatic N) is 2. The monoisotopic (exact) mass is 344 g/mol. The number of nitrogens with one attached hydrogen (secondary N) is 1. The van der Waals surface area contributed by atoms with Crippen molar-refractivity contribution >= 4 is 34.2 Å². The Kier molecular flexibility index (Phi) is 4.57. The first-order valence-electron chi connectivity index (χ1n) is 7.49. The van der Waals surface area contributed by atoms with Crippen LogP contribution in [0.1, 0.15) is 32.9 Å². The number of nitrogens with two attached hydrogens (primary N) is 1. The van der Waals surface area contributed by atoms with Gasteiger partial charge in [-0.25, -0.2) is 4.98 Å². The molecule has 2 heterocycles. The average Bonchev–Trinajstić information content (AvgIpc) is 3.24. The van der Waals surface area contributed by atoms with Gasteiger partial charge >= 0.3 is 0 Å². The zero-order valence-electron chi connectivity index (χ0n) is 12.8. The predicted molar refractivity (Wildman–Crippen MR) is 89.8 cm³/mol. The summed E-state index contributed by atoms with van der Waals surface area (Å²) in [5.74, 6) is -1.05. The number of carbonyl (C=O) groups is 3. The van der Waals surface area contributed by atoms with Gasteiger partial charge in [0, 0.05) is 12.1 Å². The Morgan fingerprint density at radius 3 is 2.67 bits per heavy atom. The molecule has 1 aromatic heterocycles. The number of likely N-dealkylation sites (tertiary alicyclic amines) is 1. The maximum absolute atomic E-state index is 12.6. The van der Waals surface area contributed by atoms with Crippen LogP contribution in [0.2, 0.25) is 0 Å². The molecule has 0 aliphatic carbocycles. The van der Waals surface area contributed by atoms with Crippen LogP contribution in [0.3, 0.4) is 0 Å². The average molecular weight is 344 g/mol. The number of carbonyl (C=O) groups excluding carboxylic acids is 3. The molecule has 1 unspecified atom stereocenters. The summed E-state index contributed by atoms with van der Waals surface area (Å²) >= 11 is 1.01. The lowest BCUT2D eigenvalue weighted by atomic mass is 10.1. The fourth-order valence-electron chi connectivity index (χ4n) is 2.66. The minimum absolute atomic E-state index is 0.162. The van der Waals surface area contributed by atoms with Crippen LogP contribution >= 0.6 is 11.3 Å². The molecule has 1 aromatic carbocycles. The van der Waals surface area contributed by atoms with E-state index in [9.17, 15) is 14.4 Å². The van der Waals surface area contributed by atoms with Crippen LogP contribution in [0.15, 0.2) is 36.5 Å². The van der Waals surface area contributed by atoms with Gasteiger partial charge < -0.3 is 16.0 Å². The maximum Gasteiger partial charge on any atom is 0.260 e. The van der Waals surface area contributed by atoms with E-state index in [4.69, 9.17) is 5.73 Å². The predicted octanol–water partition coefficient (Wildman–Crippen LogP) is 1.49. The molecule has 8 heteroatoms. The summed E-state index contributed by atoms with van der Waals surface area (Å²) < 4.78 is 0. The second-order valence-electron chi connectivity index (χ2n) is 5.41. The fourth-order valence-corrected chi connectivity index (χ4v) is 3.33. The summed E-state index contributed by atoms with van der Waals surface area (Å²) in [6, 6.07) is 8.34. The second kappa shape index (κ2) is 6.79. The lowest BCUT2D eigenvalue weighted by Gasteiger charge is -2.23. The van der Waals surface area contributed by atoms with E-state index in [1.807, 2.05) is 6.07 Å². The van der Waals surface area contributed by atoms with E-state index < -0.39 is 11.9 Å². The first kappa shape index (κ1) is 16.1. The molecule has 7 nitrogen and oxygen atoms in total. The van der Waals surface area contributed by atoms with Gasteiger partial charge in [0.05, 0.1) is 6.20 Å². The third kappa shape index (κ3) is 3.28. The van der Waals surface area contributed by atoms with Crippen LogP contribution in [0.5, 0.6) is 0 Å². The van der Waals surface area contributed by atoms with Crippen molar-refractivity contribution in [3.05, 3.63) is 47.0 Å². The highest BCUT2D eigenvalue weighted by molar-refractivity contribution is 7.17. The second-order valence-corrected chi connectivity index (χ2v) is 6.44. The summed E-state index contributed by atoms with van der Waals surface area (Å²) in [6.07, 6.45) is 2.68. The number of aromatic nitrogens is 1. The van der Waals surface area contributed by atoms with Gasteiger partial charge in [-0.2, -0.15) is 0 Å². The molecule has 1 saturated heterocycles. The van der Waals surface area contributed by atoms with Crippen LogP contribution in [0, 0.1) is 0 Å². The van der Waals surface area contributed by atoms with Crippen molar-refractivity contribution in [3.8, 4) is 0 Å². The summed E-state index contributed by atoms with van der Waals surface area (Å²) in [7, 11) is 0. The van der Waals surface area contributed by atoms with Crippen molar-refractivity contribution in [1.29, 1.82) is 0 Å². The summed E-state index contributed by atoms with van der Waals surface area (Å²) in [4.78, 5) is 42.0. The van der Waals surface area contributed by atoms with Gasteiger partial charge in [0.1, 0.15) is 10.9 Å². The van der Waals surface area contributed by atoms with E-state index in [0.717, 1.165) is 17.8 Å². The molecule has 1 aliphatic heterocycles. The zero-order valence-corrected chi connectivity index (χ0v) is 13.6. The topological polar surface area (TPSA) is 105 Å². The standard InChI is InChI=1S/C16H16N4O3S/c17-13(21)12-9-18-16(24-12)19-14(22)11-7-4-8-20(11)15(23)10-5-2-1-3-6-10/h1-3,5-6,9,11H,4,7-8H2,(H2,17,21)(H,18,19,22). The SMILES string of the molecule is NC(=O)c1cnc(NC(=O)C2CCCN2C(=O)c2ccccc2)s1. The van der Waals surface area contributed by atoms with E-state index in [1.165, 1.54) is 6.20 Å². The van der Waals surface area contributed by atoms with Crippen molar-refractivity contribution in [2.45, 2.75) is 18.9 Å².